The van der Waals surface area contributed by atoms with Gasteiger partial charge in [-0.1, -0.05) is 6.08 Å². The molecule has 0 unspecified atom stereocenters. The Morgan fingerprint density at radius 3 is 2.86 bits per heavy atom. The fourth-order valence-electron chi connectivity index (χ4n) is 2.39. The zero-order valence-electron chi connectivity index (χ0n) is 12.3. The molecule has 2 heterocycles. The number of aryl methyl sites for hydroxylation is 1. The monoisotopic (exact) mass is 298 g/mol. The largest absolute Gasteiger partial charge is 0.497 e. The zero-order valence-corrected chi connectivity index (χ0v) is 12.3. The van der Waals surface area contributed by atoms with E-state index in [0.29, 0.717) is 22.5 Å². The summed E-state index contributed by atoms with van der Waals surface area (Å²) in [5, 5.41) is 0.270. The number of benzene rings is 1. The molecular weight excluding hydrogens is 284 g/mol. The molecule has 0 aliphatic rings. The average Bonchev–Trinajstić information content (AvgIpc) is 2.50. The number of hydrogen-bond donors (Lipinski definition) is 0. The second-order valence-electron chi connectivity index (χ2n) is 4.84. The van der Waals surface area contributed by atoms with Crippen LogP contribution in [0.15, 0.2) is 44.9 Å². The second-order valence-corrected chi connectivity index (χ2v) is 4.84. The van der Waals surface area contributed by atoms with Crippen LogP contribution >= 0.6 is 0 Å². The van der Waals surface area contributed by atoms with E-state index in [-0.39, 0.29) is 17.6 Å². The predicted octanol–water partition coefficient (Wildman–Crippen LogP) is 2.01. The first-order valence-electron chi connectivity index (χ1n) is 6.69. The second kappa shape index (κ2) is 5.14. The minimum absolute atomic E-state index is 0.0357. The zero-order chi connectivity index (χ0) is 15.9. The van der Waals surface area contributed by atoms with Crippen molar-refractivity contribution in [2.45, 2.75) is 13.5 Å². The average molecular weight is 298 g/mol. The molecule has 0 atom stereocenters. The van der Waals surface area contributed by atoms with E-state index in [4.69, 9.17) is 9.15 Å². The highest BCUT2D eigenvalue weighted by Gasteiger charge is 2.16. The summed E-state index contributed by atoms with van der Waals surface area (Å²) in [5.74, 6) is 1.02. The van der Waals surface area contributed by atoms with Gasteiger partial charge in [-0.15, -0.1) is 6.58 Å². The van der Waals surface area contributed by atoms with Crippen LogP contribution in [0.3, 0.4) is 0 Å². The van der Waals surface area contributed by atoms with Crippen molar-refractivity contribution < 1.29 is 9.15 Å². The molecule has 0 N–H and O–H groups in total. The lowest BCUT2D eigenvalue weighted by molar-refractivity contribution is 0.414. The number of nitrogens with zero attached hydrogens (tertiary/aromatic N) is 2. The maximum Gasteiger partial charge on any atom is 0.269 e. The summed E-state index contributed by atoms with van der Waals surface area (Å²) in [5.41, 5.74) is -0.443. The third kappa shape index (κ3) is 2.00. The SMILES string of the molecule is C=CCn1c(C)nc2oc3cc(OC)ccc3c(=O)c2c1=O. The maximum atomic E-state index is 12.6. The summed E-state index contributed by atoms with van der Waals surface area (Å²) in [6, 6.07) is 4.83. The topological polar surface area (TPSA) is 74.3 Å². The molecule has 0 fully saturated rings. The van der Waals surface area contributed by atoms with E-state index < -0.39 is 11.0 Å². The van der Waals surface area contributed by atoms with Crippen LogP contribution in [0.4, 0.5) is 0 Å². The molecule has 3 rings (SSSR count). The molecule has 0 saturated carbocycles. The fourth-order valence-corrected chi connectivity index (χ4v) is 2.39. The smallest absolute Gasteiger partial charge is 0.269 e. The Morgan fingerprint density at radius 2 is 2.18 bits per heavy atom. The molecule has 0 spiro atoms. The molecule has 22 heavy (non-hydrogen) atoms. The minimum Gasteiger partial charge on any atom is -0.497 e. The van der Waals surface area contributed by atoms with Crippen molar-refractivity contribution in [3.63, 3.8) is 0 Å². The van der Waals surface area contributed by atoms with Gasteiger partial charge in [0.2, 0.25) is 11.1 Å². The van der Waals surface area contributed by atoms with E-state index in [0.717, 1.165) is 0 Å². The molecule has 1 aromatic carbocycles. The summed E-state index contributed by atoms with van der Waals surface area (Å²) in [7, 11) is 1.52. The van der Waals surface area contributed by atoms with Crippen molar-refractivity contribution in [1.82, 2.24) is 9.55 Å². The van der Waals surface area contributed by atoms with Crippen LogP contribution in [-0.4, -0.2) is 16.7 Å². The van der Waals surface area contributed by atoms with Gasteiger partial charge in [-0.25, -0.2) is 0 Å². The molecular formula is C16H14N2O4. The van der Waals surface area contributed by atoms with Gasteiger partial charge in [0.15, 0.2) is 5.39 Å². The van der Waals surface area contributed by atoms with Crippen molar-refractivity contribution in [3.05, 3.63) is 57.3 Å². The number of hydrogen-bond acceptors (Lipinski definition) is 5. The van der Waals surface area contributed by atoms with Crippen molar-refractivity contribution in [2.75, 3.05) is 7.11 Å². The normalized spacial score (nSPS) is 11.0. The van der Waals surface area contributed by atoms with Gasteiger partial charge in [0.25, 0.3) is 5.56 Å². The van der Waals surface area contributed by atoms with Crippen LogP contribution in [0.1, 0.15) is 5.82 Å². The number of allylic oxidation sites excluding steroid dienone is 1. The molecule has 3 aromatic rings. The minimum atomic E-state index is -0.422. The molecule has 112 valence electrons. The van der Waals surface area contributed by atoms with Crippen LogP contribution in [0, 0.1) is 6.92 Å². The number of methoxy groups -OCH3 is 1. The van der Waals surface area contributed by atoms with E-state index in [1.54, 1.807) is 31.2 Å². The standard InChI is InChI=1S/C16H14N2O4/c1-4-7-18-9(2)17-15-13(16(18)20)14(19)11-6-5-10(21-3)8-12(11)22-15/h4-6,8H,1,7H2,2-3H3. The molecule has 0 saturated heterocycles. The first-order valence-corrected chi connectivity index (χ1v) is 6.69. The van der Waals surface area contributed by atoms with Crippen LogP contribution in [0.2, 0.25) is 0 Å². The Hall–Kier alpha value is -2.89. The van der Waals surface area contributed by atoms with Crippen LogP contribution < -0.4 is 15.7 Å². The Labute approximate surface area is 125 Å². The van der Waals surface area contributed by atoms with Crippen molar-refractivity contribution >= 4 is 22.1 Å². The molecule has 0 aliphatic carbocycles. The van der Waals surface area contributed by atoms with E-state index in [1.807, 2.05) is 0 Å². The third-order valence-corrected chi connectivity index (χ3v) is 3.51. The molecule has 6 nitrogen and oxygen atoms in total. The molecule has 0 radical (unpaired) electrons. The van der Waals surface area contributed by atoms with Crippen molar-refractivity contribution in [2.24, 2.45) is 0 Å². The Kier molecular flexibility index (Phi) is 3.29. The van der Waals surface area contributed by atoms with Gasteiger partial charge in [-0.05, 0) is 19.1 Å². The highest BCUT2D eigenvalue weighted by atomic mass is 16.5. The maximum absolute atomic E-state index is 12.6. The number of fused-ring (bicyclic) bond motifs is 2. The van der Waals surface area contributed by atoms with Crippen LogP contribution in [0.25, 0.3) is 22.1 Å². The van der Waals surface area contributed by atoms with Crippen LogP contribution in [0.5, 0.6) is 5.75 Å². The lowest BCUT2D eigenvalue weighted by atomic mass is 10.2. The molecule has 0 bridgehead atoms. The van der Waals surface area contributed by atoms with E-state index >= 15 is 0 Å². The third-order valence-electron chi connectivity index (χ3n) is 3.51. The lowest BCUT2D eigenvalue weighted by Gasteiger charge is -2.08. The molecule has 6 heteroatoms. The highest BCUT2D eigenvalue weighted by molar-refractivity contribution is 5.88. The summed E-state index contributed by atoms with van der Waals surface area (Å²) < 4.78 is 12.1. The molecule has 2 aromatic heterocycles. The van der Waals surface area contributed by atoms with Gasteiger partial charge >= 0.3 is 0 Å². The van der Waals surface area contributed by atoms with Crippen molar-refractivity contribution in [3.8, 4) is 5.75 Å². The van der Waals surface area contributed by atoms with Gasteiger partial charge < -0.3 is 9.15 Å². The summed E-state index contributed by atoms with van der Waals surface area (Å²) >= 11 is 0. The molecule has 0 aliphatic heterocycles. The first-order chi connectivity index (χ1) is 10.6. The highest BCUT2D eigenvalue weighted by Crippen LogP contribution is 2.21. The van der Waals surface area contributed by atoms with Gasteiger partial charge in [0.1, 0.15) is 17.2 Å². The molecule has 0 amide bonds. The Balaban J connectivity index is 2.49. The first kappa shape index (κ1) is 14.1. The van der Waals surface area contributed by atoms with Crippen LogP contribution in [-0.2, 0) is 6.54 Å². The van der Waals surface area contributed by atoms with E-state index in [2.05, 4.69) is 11.6 Å². The van der Waals surface area contributed by atoms with Gasteiger partial charge in [0, 0.05) is 12.6 Å². The van der Waals surface area contributed by atoms with E-state index in [9.17, 15) is 9.59 Å². The van der Waals surface area contributed by atoms with Gasteiger partial charge in [-0.2, -0.15) is 4.98 Å². The lowest BCUT2D eigenvalue weighted by Crippen LogP contribution is -2.27. The quantitative estimate of drug-likeness (QED) is 0.546. The van der Waals surface area contributed by atoms with Gasteiger partial charge in [-0.3, -0.25) is 14.2 Å². The fraction of sp³-hybridized carbons (Fsp3) is 0.188. The Bertz CT molecular complexity index is 1010. The Morgan fingerprint density at radius 1 is 1.41 bits per heavy atom. The summed E-state index contributed by atoms with van der Waals surface area (Å²) in [4.78, 5) is 29.3. The number of ether oxygens (including phenoxy) is 1. The van der Waals surface area contributed by atoms with E-state index in [1.165, 1.54) is 11.7 Å². The number of rotatable bonds is 3. The predicted molar refractivity (Wildman–Crippen MR) is 83.5 cm³/mol. The summed E-state index contributed by atoms with van der Waals surface area (Å²) in [6.45, 7) is 5.57. The van der Waals surface area contributed by atoms with Gasteiger partial charge in [0.05, 0.1) is 12.5 Å². The number of aromatic nitrogens is 2. The van der Waals surface area contributed by atoms with Crippen molar-refractivity contribution in [1.29, 1.82) is 0 Å². The summed E-state index contributed by atoms with van der Waals surface area (Å²) in [6.07, 6.45) is 1.58.